The van der Waals surface area contributed by atoms with Crippen LogP contribution in [0.25, 0.3) is 6.08 Å². The molecule has 2 heterocycles. The van der Waals surface area contributed by atoms with Gasteiger partial charge in [0.25, 0.3) is 5.72 Å². The molecular formula is C21H21N5O3. The van der Waals surface area contributed by atoms with Crippen molar-refractivity contribution in [1.82, 2.24) is 20.6 Å². The standard InChI is InChI=1S/C21H21N5O3/c1-2-4-14-7-9-15(10-8-14)11-12-17(27)16-5-3-6-18-19(16)29-21(22,13-28-18)20-23-25-26-24-20/h3,5-12H,2,4,13,22H2,1H3,(H,23,24,25,26). The first-order valence-electron chi connectivity index (χ1n) is 9.38. The molecule has 29 heavy (non-hydrogen) atoms. The fourth-order valence-corrected chi connectivity index (χ4v) is 3.12. The summed E-state index contributed by atoms with van der Waals surface area (Å²) in [6, 6.07) is 13.3. The van der Waals surface area contributed by atoms with Gasteiger partial charge in [-0.15, -0.1) is 10.2 Å². The van der Waals surface area contributed by atoms with Crippen molar-refractivity contribution in [2.45, 2.75) is 25.5 Å². The smallest absolute Gasteiger partial charge is 0.257 e. The maximum atomic E-state index is 12.8. The minimum absolute atomic E-state index is 0.00285. The monoisotopic (exact) mass is 391 g/mol. The van der Waals surface area contributed by atoms with Gasteiger partial charge in [-0.1, -0.05) is 49.8 Å². The molecule has 0 saturated heterocycles. The number of nitrogens with two attached hydrogens (primary N) is 1. The lowest BCUT2D eigenvalue weighted by Gasteiger charge is -2.33. The van der Waals surface area contributed by atoms with E-state index in [0.717, 1.165) is 18.4 Å². The van der Waals surface area contributed by atoms with Crippen LogP contribution in [-0.4, -0.2) is 33.0 Å². The van der Waals surface area contributed by atoms with Crippen LogP contribution in [-0.2, 0) is 12.1 Å². The minimum Gasteiger partial charge on any atom is -0.483 e. The van der Waals surface area contributed by atoms with Crippen LogP contribution in [0.4, 0.5) is 0 Å². The maximum Gasteiger partial charge on any atom is 0.257 e. The minimum atomic E-state index is -1.44. The van der Waals surface area contributed by atoms with Gasteiger partial charge in [-0.2, -0.15) is 5.21 Å². The second-order valence-electron chi connectivity index (χ2n) is 6.84. The zero-order chi connectivity index (χ0) is 20.3. The van der Waals surface area contributed by atoms with E-state index in [1.807, 2.05) is 12.1 Å². The summed E-state index contributed by atoms with van der Waals surface area (Å²) in [5.74, 6) is 0.630. The number of benzene rings is 2. The summed E-state index contributed by atoms with van der Waals surface area (Å²) in [5.41, 5.74) is 7.38. The number of rotatable bonds is 6. The summed E-state index contributed by atoms with van der Waals surface area (Å²) in [4.78, 5) is 12.8. The molecule has 0 radical (unpaired) electrons. The number of hydrogen-bond acceptors (Lipinski definition) is 7. The van der Waals surface area contributed by atoms with E-state index in [2.05, 4.69) is 39.7 Å². The molecule has 1 aromatic heterocycles. The number of nitrogens with zero attached hydrogens (tertiary/aromatic N) is 3. The topological polar surface area (TPSA) is 116 Å². The SMILES string of the molecule is CCCc1ccc(C=CC(=O)c2cccc3c2OC(N)(c2nn[nH]n2)CO3)cc1. The zero-order valence-electron chi connectivity index (χ0n) is 16.0. The van der Waals surface area contributed by atoms with Crippen LogP contribution in [0.15, 0.2) is 48.5 Å². The number of allylic oxidation sites excluding steroid dienone is 1. The molecule has 0 saturated carbocycles. The third-order valence-electron chi connectivity index (χ3n) is 4.64. The molecule has 0 amide bonds. The number of hydrogen-bond donors (Lipinski definition) is 2. The number of fused-ring (bicyclic) bond motifs is 1. The molecular weight excluding hydrogens is 370 g/mol. The molecule has 0 bridgehead atoms. The number of aromatic nitrogens is 4. The van der Waals surface area contributed by atoms with Gasteiger partial charge in [-0.3, -0.25) is 10.5 Å². The van der Waals surface area contributed by atoms with E-state index in [1.54, 1.807) is 24.3 Å². The van der Waals surface area contributed by atoms with Crippen molar-refractivity contribution in [2.75, 3.05) is 6.61 Å². The lowest BCUT2D eigenvalue weighted by atomic mass is 10.0. The number of tetrazole rings is 1. The molecule has 1 atom stereocenters. The second-order valence-corrected chi connectivity index (χ2v) is 6.84. The molecule has 4 rings (SSSR count). The zero-order valence-corrected chi connectivity index (χ0v) is 16.0. The third-order valence-corrected chi connectivity index (χ3v) is 4.64. The predicted molar refractivity (Wildman–Crippen MR) is 106 cm³/mol. The van der Waals surface area contributed by atoms with Gasteiger partial charge >= 0.3 is 0 Å². The van der Waals surface area contributed by atoms with Crippen LogP contribution in [0, 0.1) is 0 Å². The van der Waals surface area contributed by atoms with E-state index in [4.69, 9.17) is 15.2 Å². The maximum absolute atomic E-state index is 12.8. The number of ether oxygens (including phenoxy) is 2. The number of ketones is 1. The van der Waals surface area contributed by atoms with Crippen molar-refractivity contribution in [3.05, 3.63) is 71.1 Å². The predicted octanol–water partition coefficient (Wildman–Crippen LogP) is 2.63. The third kappa shape index (κ3) is 3.88. The largest absolute Gasteiger partial charge is 0.483 e. The molecule has 1 unspecified atom stereocenters. The van der Waals surface area contributed by atoms with Gasteiger partial charge in [0.2, 0.25) is 5.82 Å². The van der Waals surface area contributed by atoms with Gasteiger partial charge in [-0.05, 0) is 41.0 Å². The first-order valence-corrected chi connectivity index (χ1v) is 9.38. The fourth-order valence-electron chi connectivity index (χ4n) is 3.12. The van der Waals surface area contributed by atoms with Crippen LogP contribution in [0.3, 0.4) is 0 Å². The summed E-state index contributed by atoms with van der Waals surface area (Å²) < 4.78 is 11.6. The van der Waals surface area contributed by atoms with Gasteiger partial charge in [0.05, 0.1) is 5.56 Å². The first kappa shape index (κ1) is 18.8. The highest BCUT2D eigenvalue weighted by Crippen LogP contribution is 2.39. The number of para-hydroxylation sites is 1. The lowest BCUT2D eigenvalue weighted by molar-refractivity contribution is -0.0154. The second kappa shape index (κ2) is 7.84. The van der Waals surface area contributed by atoms with Gasteiger partial charge in [0.15, 0.2) is 17.3 Å². The van der Waals surface area contributed by atoms with Crippen LogP contribution >= 0.6 is 0 Å². The van der Waals surface area contributed by atoms with Gasteiger partial charge in [0.1, 0.15) is 6.61 Å². The molecule has 0 fully saturated rings. The lowest BCUT2D eigenvalue weighted by Crippen LogP contribution is -2.51. The summed E-state index contributed by atoms with van der Waals surface area (Å²) in [6.07, 6.45) is 5.42. The average molecular weight is 391 g/mol. The Morgan fingerprint density at radius 1 is 1.28 bits per heavy atom. The Morgan fingerprint density at radius 2 is 2.10 bits per heavy atom. The normalized spacial score (nSPS) is 18.1. The van der Waals surface area contributed by atoms with Crippen molar-refractivity contribution < 1.29 is 14.3 Å². The quantitative estimate of drug-likeness (QED) is 0.490. The molecule has 3 aromatic rings. The van der Waals surface area contributed by atoms with Gasteiger partial charge < -0.3 is 9.47 Å². The molecule has 2 aromatic carbocycles. The van der Waals surface area contributed by atoms with Crippen molar-refractivity contribution in [1.29, 1.82) is 0 Å². The Balaban J connectivity index is 1.57. The Hall–Kier alpha value is -3.52. The molecule has 8 heteroatoms. The van der Waals surface area contributed by atoms with Crippen LogP contribution in [0.5, 0.6) is 11.5 Å². The van der Waals surface area contributed by atoms with E-state index >= 15 is 0 Å². The van der Waals surface area contributed by atoms with Gasteiger partial charge in [-0.25, -0.2) is 0 Å². The molecule has 1 aliphatic rings. The summed E-state index contributed by atoms with van der Waals surface area (Å²) in [7, 11) is 0. The van der Waals surface area contributed by atoms with Crippen molar-refractivity contribution in [3.63, 3.8) is 0 Å². The Labute approximate surface area is 167 Å². The molecule has 8 nitrogen and oxygen atoms in total. The highest BCUT2D eigenvalue weighted by molar-refractivity contribution is 6.09. The average Bonchev–Trinajstić information content (AvgIpc) is 3.29. The van der Waals surface area contributed by atoms with E-state index in [1.165, 1.54) is 11.6 Å². The van der Waals surface area contributed by atoms with Gasteiger partial charge in [0, 0.05) is 0 Å². The van der Waals surface area contributed by atoms with E-state index in [9.17, 15) is 4.79 Å². The summed E-state index contributed by atoms with van der Waals surface area (Å²) >= 11 is 0. The number of aryl methyl sites for hydroxylation is 1. The Morgan fingerprint density at radius 3 is 2.83 bits per heavy atom. The van der Waals surface area contributed by atoms with Crippen LogP contribution in [0.1, 0.15) is 40.7 Å². The number of H-pyrrole nitrogens is 1. The van der Waals surface area contributed by atoms with Crippen molar-refractivity contribution in [2.24, 2.45) is 5.73 Å². The fraction of sp³-hybridized carbons (Fsp3) is 0.238. The van der Waals surface area contributed by atoms with E-state index in [-0.39, 0.29) is 24.0 Å². The van der Waals surface area contributed by atoms with E-state index in [0.29, 0.717) is 11.3 Å². The van der Waals surface area contributed by atoms with Crippen molar-refractivity contribution >= 4 is 11.9 Å². The summed E-state index contributed by atoms with van der Waals surface area (Å²) in [6.45, 7) is 2.14. The number of aromatic amines is 1. The molecule has 1 aliphatic heterocycles. The summed E-state index contributed by atoms with van der Waals surface area (Å²) in [5, 5.41) is 13.6. The highest BCUT2D eigenvalue weighted by atomic mass is 16.6. The first-order chi connectivity index (χ1) is 14.1. The molecule has 148 valence electrons. The van der Waals surface area contributed by atoms with Crippen molar-refractivity contribution in [3.8, 4) is 11.5 Å². The molecule has 0 aliphatic carbocycles. The highest BCUT2D eigenvalue weighted by Gasteiger charge is 2.41. The Kier molecular flexibility index (Phi) is 5.09. The number of carbonyl (C=O) groups excluding carboxylic acids is 1. The van der Waals surface area contributed by atoms with Crippen LogP contribution in [0.2, 0.25) is 0 Å². The number of carbonyl (C=O) groups is 1. The van der Waals surface area contributed by atoms with E-state index < -0.39 is 5.72 Å². The Bertz CT molecular complexity index is 1030. The van der Waals surface area contributed by atoms with Crippen LogP contribution < -0.4 is 15.2 Å². The molecule has 3 N–H and O–H groups in total. The molecule has 0 spiro atoms. The number of nitrogens with one attached hydrogen (secondary N) is 1.